The first-order valence-electron chi connectivity index (χ1n) is 7.99. The molecule has 116 valence electrons. The molecule has 4 rings (SSSR count). The van der Waals surface area contributed by atoms with Crippen LogP contribution in [0.5, 0.6) is 0 Å². The molecule has 0 saturated heterocycles. The third kappa shape index (κ3) is 2.20. The molecule has 2 aliphatic carbocycles. The van der Waals surface area contributed by atoms with Crippen LogP contribution in [0.1, 0.15) is 41.9 Å². The number of carbonyl (C=O) groups is 1. The maximum absolute atomic E-state index is 12.4. The van der Waals surface area contributed by atoms with Crippen molar-refractivity contribution in [2.24, 2.45) is 5.41 Å². The van der Waals surface area contributed by atoms with Crippen molar-refractivity contribution in [3.05, 3.63) is 29.6 Å². The van der Waals surface area contributed by atoms with Gasteiger partial charge in [0.05, 0.1) is 17.6 Å². The van der Waals surface area contributed by atoms with Crippen LogP contribution in [0.4, 0.5) is 0 Å². The lowest BCUT2D eigenvalue weighted by molar-refractivity contribution is 0.0877. The van der Waals surface area contributed by atoms with E-state index >= 15 is 0 Å². The number of aromatic nitrogens is 2. The van der Waals surface area contributed by atoms with Gasteiger partial charge in [0.25, 0.3) is 5.91 Å². The van der Waals surface area contributed by atoms with E-state index in [4.69, 9.17) is 5.11 Å². The number of imidazole rings is 1. The summed E-state index contributed by atoms with van der Waals surface area (Å²) in [6.07, 6.45) is 4.97. The van der Waals surface area contributed by atoms with Gasteiger partial charge in [-0.2, -0.15) is 0 Å². The Morgan fingerprint density at radius 2 is 2.23 bits per heavy atom. The number of fused-ring (bicyclic) bond motifs is 1. The third-order valence-corrected chi connectivity index (χ3v) is 5.18. The highest BCUT2D eigenvalue weighted by Gasteiger charge is 2.53. The normalized spacial score (nSPS) is 19.4. The van der Waals surface area contributed by atoms with E-state index in [2.05, 4.69) is 10.3 Å². The van der Waals surface area contributed by atoms with Gasteiger partial charge in [-0.1, -0.05) is 0 Å². The summed E-state index contributed by atoms with van der Waals surface area (Å²) < 4.78 is 1.97. The Balaban J connectivity index is 1.53. The molecule has 2 aromatic rings. The van der Waals surface area contributed by atoms with Crippen LogP contribution in [0.15, 0.2) is 18.2 Å². The number of carbonyl (C=O) groups excluding carboxylic acids is 1. The van der Waals surface area contributed by atoms with E-state index in [9.17, 15) is 4.79 Å². The summed E-state index contributed by atoms with van der Waals surface area (Å²) >= 11 is 0. The van der Waals surface area contributed by atoms with Crippen LogP contribution in [0.3, 0.4) is 0 Å². The molecular weight excluding hydrogens is 278 g/mol. The second kappa shape index (κ2) is 4.81. The predicted octanol–water partition coefficient (Wildman–Crippen LogP) is 2.01. The minimum Gasteiger partial charge on any atom is -0.395 e. The Hall–Kier alpha value is -1.88. The number of benzene rings is 1. The van der Waals surface area contributed by atoms with Crippen molar-refractivity contribution in [2.45, 2.75) is 45.2 Å². The van der Waals surface area contributed by atoms with Crippen LogP contribution < -0.4 is 5.32 Å². The summed E-state index contributed by atoms with van der Waals surface area (Å²) in [5, 5.41) is 12.3. The number of nitrogens with one attached hydrogen (secondary N) is 1. The molecule has 2 fully saturated rings. The summed E-state index contributed by atoms with van der Waals surface area (Å²) in [7, 11) is 0. The van der Waals surface area contributed by atoms with Crippen LogP contribution in [0, 0.1) is 12.3 Å². The minimum absolute atomic E-state index is 0.00300. The van der Waals surface area contributed by atoms with Gasteiger partial charge in [-0.05, 0) is 56.2 Å². The SMILES string of the molecule is Cc1nc2cc(C(=O)NC3CC4(CC4)C3)ccc2n1CCO. The van der Waals surface area contributed by atoms with Crippen LogP contribution in [0.25, 0.3) is 11.0 Å². The van der Waals surface area contributed by atoms with E-state index in [-0.39, 0.29) is 12.5 Å². The number of hydrogen-bond acceptors (Lipinski definition) is 3. The van der Waals surface area contributed by atoms with Crippen LogP contribution in [-0.2, 0) is 6.54 Å². The van der Waals surface area contributed by atoms with Gasteiger partial charge in [0, 0.05) is 18.2 Å². The molecule has 2 aliphatic rings. The zero-order valence-electron chi connectivity index (χ0n) is 12.8. The number of aryl methyl sites for hydroxylation is 1. The van der Waals surface area contributed by atoms with Crippen molar-refractivity contribution in [1.82, 2.24) is 14.9 Å². The van der Waals surface area contributed by atoms with Crippen molar-refractivity contribution in [3.63, 3.8) is 0 Å². The summed E-state index contributed by atoms with van der Waals surface area (Å²) in [5.41, 5.74) is 3.04. The first-order valence-corrected chi connectivity index (χ1v) is 7.99. The van der Waals surface area contributed by atoms with Gasteiger partial charge in [0.2, 0.25) is 0 Å². The lowest BCUT2D eigenvalue weighted by Crippen LogP contribution is -2.45. The first-order chi connectivity index (χ1) is 10.6. The van der Waals surface area contributed by atoms with Gasteiger partial charge < -0.3 is 15.0 Å². The molecule has 2 N–H and O–H groups in total. The fourth-order valence-corrected chi connectivity index (χ4v) is 3.72. The van der Waals surface area contributed by atoms with Gasteiger partial charge in [-0.3, -0.25) is 4.79 Å². The number of aliphatic hydroxyl groups excluding tert-OH is 1. The molecule has 0 bridgehead atoms. The monoisotopic (exact) mass is 299 g/mol. The number of hydrogen-bond donors (Lipinski definition) is 2. The maximum Gasteiger partial charge on any atom is 0.251 e. The van der Waals surface area contributed by atoms with E-state index in [0.29, 0.717) is 23.6 Å². The molecule has 1 amide bonds. The Morgan fingerprint density at radius 3 is 2.91 bits per heavy atom. The summed E-state index contributed by atoms with van der Waals surface area (Å²) in [6, 6.07) is 5.96. The zero-order chi connectivity index (χ0) is 15.3. The van der Waals surface area contributed by atoms with E-state index in [0.717, 1.165) is 29.7 Å². The molecule has 1 aromatic carbocycles. The predicted molar refractivity (Wildman–Crippen MR) is 83.7 cm³/mol. The van der Waals surface area contributed by atoms with E-state index in [1.54, 1.807) is 0 Å². The largest absolute Gasteiger partial charge is 0.395 e. The average molecular weight is 299 g/mol. The second-order valence-electron chi connectivity index (χ2n) is 6.82. The van der Waals surface area contributed by atoms with Gasteiger partial charge in [-0.25, -0.2) is 4.98 Å². The van der Waals surface area contributed by atoms with Gasteiger partial charge >= 0.3 is 0 Å². The molecule has 1 spiro atoms. The van der Waals surface area contributed by atoms with E-state index < -0.39 is 0 Å². The molecule has 0 aliphatic heterocycles. The first kappa shape index (κ1) is 13.8. The Bertz CT molecular complexity index is 738. The van der Waals surface area contributed by atoms with Crippen molar-refractivity contribution >= 4 is 16.9 Å². The number of amides is 1. The topological polar surface area (TPSA) is 67.2 Å². The van der Waals surface area contributed by atoms with Crippen molar-refractivity contribution in [1.29, 1.82) is 0 Å². The molecule has 0 unspecified atom stereocenters. The summed E-state index contributed by atoms with van der Waals surface area (Å²) in [4.78, 5) is 16.8. The molecule has 5 heteroatoms. The quantitative estimate of drug-likeness (QED) is 0.907. The fraction of sp³-hybridized carbons (Fsp3) is 0.529. The van der Waals surface area contributed by atoms with Crippen LogP contribution in [-0.4, -0.2) is 33.2 Å². The Morgan fingerprint density at radius 1 is 1.45 bits per heavy atom. The summed E-state index contributed by atoms with van der Waals surface area (Å²) in [5.74, 6) is 0.855. The second-order valence-corrected chi connectivity index (χ2v) is 6.82. The highest BCUT2D eigenvalue weighted by molar-refractivity contribution is 5.97. The average Bonchev–Trinajstić information content (AvgIpc) is 3.19. The van der Waals surface area contributed by atoms with Crippen molar-refractivity contribution < 1.29 is 9.90 Å². The molecule has 1 aromatic heterocycles. The van der Waals surface area contributed by atoms with Gasteiger partial charge in [-0.15, -0.1) is 0 Å². The molecule has 22 heavy (non-hydrogen) atoms. The molecule has 0 atom stereocenters. The van der Waals surface area contributed by atoms with E-state index in [1.807, 2.05) is 29.7 Å². The number of aliphatic hydroxyl groups is 1. The van der Waals surface area contributed by atoms with Gasteiger partial charge in [0.15, 0.2) is 0 Å². The Kier molecular flexibility index (Phi) is 3.01. The highest BCUT2D eigenvalue weighted by atomic mass is 16.3. The minimum atomic E-state index is -0.00300. The number of nitrogens with zero attached hydrogens (tertiary/aromatic N) is 2. The molecule has 1 heterocycles. The standard InChI is InChI=1S/C17H21N3O2/c1-11-18-14-8-12(2-3-15(14)20(11)6-7-21)16(22)19-13-9-17(10-13)4-5-17/h2-3,8,13,21H,4-7,9-10H2,1H3,(H,19,22). The molecule has 5 nitrogen and oxygen atoms in total. The fourth-order valence-electron chi connectivity index (χ4n) is 3.72. The lowest BCUT2D eigenvalue weighted by atomic mass is 9.77. The van der Waals surface area contributed by atoms with Gasteiger partial charge in [0.1, 0.15) is 5.82 Å². The molecular formula is C17H21N3O2. The zero-order valence-corrected chi connectivity index (χ0v) is 12.8. The van der Waals surface area contributed by atoms with Crippen molar-refractivity contribution in [2.75, 3.05) is 6.61 Å². The van der Waals surface area contributed by atoms with Crippen LogP contribution >= 0.6 is 0 Å². The lowest BCUT2D eigenvalue weighted by Gasteiger charge is -2.36. The van der Waals surface area contributed by atoms with E-state index in [1.165, 1.54) is 12.8 Å². The highest BCUT2D eigenvalue weighted by Crippen LogP contribution is 2.60. The Labute approximate surface area is 129 Å². The molecule has 2 saturated carbocycles. The number of rotatable bonds is 4. The smallest absolute Gasteiger partial charge is 0.251 e. The summed E-state index contributed by atoms with van der Waals surface area (Å²) in [6.45, 7) is 2.52. The molecule has 0 radical (unpaired) electrons. The van der Waals surface area contributed by atoms with Crippen LogP contribution in [0.2, 0.25) is 0 Å². The maximum atomic E-state index is 12.4. The van der Waals surface area contributed by atoms with Crippen molar-refractivity contribution in [3.8, 4) is 0 Å². The third-order valence-electron chi connectivity index (χ3n) is 5.18.